The van der Waals surface area contributed by atoms with E-state index in [1.807, 2.05) is 11.9 Å². The molecule has 0 aliphatic carbocycles. The first kappa shape index (κ1) is 14.7. The zero-order chi connectivity index (χ0) is 13.7. The second kappa shape index (κ2) is 6.64. The Morgan fingerprint density at radius 1 is 1.37 bits per heavy atom. The van der Waals surface area contributed by atoms with Gasteiger partial charge in [0.2, 0.25) is 0 Å². The first-order valence-electron chi connectivity index (χ1n) is 7.05. The molecule has 2 rings (SSSR count). The summed E-state index contributed by atoms with van der Waals surface area (Å²) in [6.45, 7) is 6.39. The van der Waals surface area contributed by atoms with Crippen molar-refractivity contribution in [2.24, 2.45) is 5.73 Å². The molecule has 0 atom stereocenters. The van der Waals surface area contributed by atoms with Crippen LogP contribution < -0.4 is 11.1 Å². The van der Waals surface area contributed by atoms with Gasteiger partial charge in [-0.05, 0) is 44.4 Å². The topological polar surface area (TPSA) is 41.3 Å². The van der Waals surface area contributed by atoms with E-state index in [4.69, 9.17) is 5.73 Å². The number of rotatable bonds is 5. The van der Waals surface area contributed by atoms with Crippen LogP contribution in [0.5, 0.6) is 0 Å². The summed E-state index contributed by atoms with van der Waals surface area (Å²) in [5.74, 6) is 1.03. The summed E-state index contributed by atoms with van der Waals surface area (Å²) in [5.41, 5.74) is 8.30. The summed E-state index contributed by atoms with van der Waals surface area (Å²) in [4.78, 5) is 0. The fourth-order valence-electron chi connectivity index (χ4n) is 2.52. The highest BCUT2D eigenvalue weighted by Crippen LogP contribution is 2.34. The Bertz CT molecular complexity index is 406. The summed E-state index contributed by atoms with van der Waals surface area (Å²) in [5, 5.41) is 3.16. The minimum absolute atomic E-state index is 0.329. The van der Waals surface area contributed by atoms with Crippen molar-refractivity contribution in [1.82, 2.24) is 4.31 Å². The maximum Gasteiger partial charge on any atom is 0.0628 e. The van der Waals surface area contributed by atoms with E-state index in [-0.39, 0.29) is 0 Å². The molecule has 0 bridgehead atoms. The van der Waals surface area contributed by atoms with E-state index in [1.165, 1.54) is 31.4 Å². The molecule has 3 nitrogen and oxygen atoms in total. The third kappa shape index (κ3) is 4.13. The number of benzene rings is 1. The van der Waals surface area contributed by atoms with Crippen molar-refractivity contribution in [1.29, 1.82) is 0 Å². The smallest absolute Gasteiger partial charge is 0.0628 e. The zero-order valence-corrected chi connectivity index (χ0v) is 12.8. The standard InChI is InChI=1S/C15H25N3S/c1-15(2)8-3-4-9-18(15)19-11-13-6-5-7-14(10-13)17-12-16/h5-7,10,17H,3-4,8-9,11-12,16H2,1-2H3. The molecule has 0 aromatic heterocycles. The average molecular weight is 279 g/mol. The molecule has 0 spiro atoms. The molecular formula is C15H25N3S. The monoisotopic (exact) mass is 279 g/mol. The van der Waals surface area contributed by atoms with Crippen LogP contribution in [-0.2, 0) is 5.75 Å². The lowest BCUT2D eigenvalue weighted by molar-refractivity contribution is 0.186. The summed E-state index contributed by atoms with van der Waals surface area (Å²) in [6.07, 6.45) is 3.99. The molecule has 4 heteroatoms. The number of nitrogens with one attached hydrogen (secondary N) is 1. The number of hydrogen-bond donors (Lipinski definition) is 2. The summed E-state index contributed by atoms with van der Waals surface area (Å²) in [7, 11) is 0. The number of piperidine rings is 1. The molecule has 3 N–H and O–H groups in total. The molecule has 19 heavy (non-hydrogen) atoms. The number of hydrogen-bond acceptors (Lipinski definition) is 4. The van der Waals surface area contributed by atoms with Gasteiger partial charge in [0, 0.05) is 23.5 Å². The third-order valence-corrected chi connectivity index (χ3v) is 5.15. The van der Waals surface area contributed by atoms with E-state index in [1.54, 1.807) is 0 Å². The van der Waals surface area contributed by atoms with Crippen molar-refractivity contribution in [3.8, 4) is 0 Å². The van der Waals surface area contributed by atoms with Crippen molar-refractivity contribution < 1.29 is 0 Å². The molecule has 0 unspecified atom stereocenters. The molecule has 0 amide bonds. The van der Waals surface area contributed by atoms with Gasteiger partial charge >= 0.3 is 0 Å². The normalized spacial score (nSPS) is 19.3. The molecule has 1 aliphatic heterocycles. The van der Waals surface area contributed by atoms with Crippen molar-refractivity contribution >= 4 is 17.6 Å². The van der Waals surface area contributed by atoms with Gasteiger partial charge in [-0.15, -0.1) is 0 Å². The molecule has 0 saturated carbocycles. The largest absolute Gasteiger partial charge is 0.373 e. The molecule has 1 aromatic carbocycles. The van der Waals surface area contributed by atoms with Crippen LogP contribution in [0.3, 0.4) is 0 Å². The van der Waals surface area contributed by atoms with Gasteiger partial charge in [-0.25, -0.2) is 4.31 Å². The summed E-state index contributed by atoms with van der Waals surface area (Å²) >= 11 is 1.96. The Labute approximate surface area is 121 Å². The lowest BCUT2D eigenvalue weighted by Gasteiger charge is -2.41. The fourth-order valence-corrected chi connectivity index (χ4v) is 3.70. The molecule has 1 saturated heterocycles. The Morgan fingerprint density at radius 2 is 2.21 bits per heavy atom. The van der Waals surface area contributed by atoms with Crippen LogP contribution in [0.4, 0.5) is 5.69 Å². The Hall–Kier alpha value is -0.710. The van der Waals surface area contributed by atoms with Crippen LogP contribution >= 0.6 is 11.9 Å². The zero-order valence-electron chi connectivity index (χ0n) is 12.0. The van der Waals surface area contributed by atoms with Crippen LogP contribution in [0.25, 0.3) is 0 Å². The van der Waals surface area contributed by atoms with Crippen LogP contribution in [0.1, 0.15) is 38.7 Å². The predicted molar refractivity (Wildman–Crippen MR) is 85.1 cm³/mol. The van der Waals surface area contributed by atoms with Gasteiger partial charge in [0.25, 0.3) is 0 Å². The minimum atomic E-state index is 0.329. The van der Waals surface area contributed by atoms with Crippen LogP contribution in [0.15, 0.2) is 24.3 Å². The maximum absolute atomic E-state index is 5.51. The van der Waals surface area contributed by atoms with Crippen LogP contribution in [-0.4, -0.2) is 23.1 Å². The van der Waals surface area contributed by atoms with Gasteiger partial charge in [0.05, 0.1) is 6.67 Å². The van der Waals surface area contributed by atoms with E-state index in [9.17, 15) is 0 Å². The van der Waals surface area contributed by atoms with E-state index in [2.05, 4.69) is 47.7 Å². The lowest BCUT2D eigenvalue weighted by atomic mass is 9.93. The lowest BCUT2D eigenvalue weighted by Crippen LogP contribution is -2.42. The number of anilines is 1. The predicted octanol–water partition coefficient (Wildman–Crippen LogP) is 3.43. The van der Waals surface area contributed by atoms with Gasteiger partial charge < -0.3 is 11.1 Å². The highest BCUT2D eigenvalue weighted by molar-refractivity contribution is 7.96. The van der Waals surface area contributed by atoms with Gasteiger partial charge in [-0.3, -0.25) is 0 Å². The van der Waals surface area contributed by atoms with Crippen molar-refractivity contribution in [2.45, 2.75) is 44.4 Å². The summed E-state index contributed by atoms with van der Waals surface area (Å²) in [6, 6.07) is 8.53. The van der Waals surface area contributed by atoms with Gasteiger partial charge in [-0.2, -0.15) is 0 Å². The maximum atomic E-state index is 5.51. The molecule has 1 fully saturated rings. The highest BCUT2D eigenvalue weighted by atomic mass is 32.2. The highest BCUT2D eigenvalue weighted by Gasteiger charge is 2.29. The quantitative estimate of drug-likeness (QED) is 0.640. The summed E-state index contributed by atoms with van der Waals surface area (Å²) < 4.78 is 2.56. The van der Waals surface area contributed by atoms with Crippen LogP contribution in [0.2, 0.25) is 0 Å². The SMILES string of the molecule is CC1(C)CCCCN1SCc1cccc(NCN)c1. The van der Waals surface area contributed by atoms with E-state index >= 15 is 0 Å². The Kier molecular flexibility index (Phi) is 5.13. The van der Waals surface area contributed by atoms with Crippen molar-refractivity contribution in [2.75, 3.05) is 18.5 Å². The molecule has 1 aliphatic rings. The average Bonchev–Trinajstić information content (AvgIpc) is 2.38. The fraction of sp³-hybridized carbons (Fsp3) is 0.600. The van der Waals surface area contributed by atoms with Gasteiger partial charge in [-0.1, -0.05) is 30.5 Å². The van der Waals surface area contributed by atoms with E-state index in [0.717, 1.165) is 11.4 Å². The van der Waals surface area contributed by atoms with Crippen molar-refractivity contribution in [3.63, 3.8) is 0 Å². The second-order valence-electron chi connectivity index (χ2n) is 5.73. The first-order valence-corrected chi connectivity index (χ1v) is 7.99. The third-order valence-electron chi connectivity index (χ3n) is 3.70. The van der Waals surface area contributed by atoms with Crippen molar-refractivity contribution in [3.05, 3.63) is 29.8 Å². The Morgan fingerprint density at radius 3 is 2.95 bits per heavy atom. The minimum Gasteiger partial charge on any atom is -0.373 e. The van der Waals surface area contributed by atoms with E-state index in [0.29, 0.717) is 12.2 Å². The second-order valence-corrected chi connectivity index (χ2v) is 6.71. The molecule has 106 valence electrons. The van der Waals surface area contributed by atoms with E-state index < -0.39 is 0 Å². The Balaban J connectivity index is 1.92. The van der Waals surface area contributed by atoms with Gasteiger partial charge in [0.15, 0.2) is 0 Å². The first-order chi connectivity index (χ1) is 9.12. The molecule has 0 radical (unpaired) electrons. The molecule has 1 aromatic rings. The molecular weight excluding hydrogens is 254 g/mol. The number of nitrogens with two attached hydrogens (primary N) is 1. The number of nitrogens with zero attached hydrogens (tertiary/aromatic N) is 1. The van der Waals surface area contributed by atoms with Gasteiger partial charge in [0.1, 0.15) is 0 Å². The van der Waals surface area contributed by atoms with Crippen LogP contribution in [0, 0.1) is 0 Å². The molecule has 1 heterocycles.